The van der Waals surface area contributed by atoms with Crippen LogP contribution in [0.3, 0.4) is 0 Å². The Balaban J connectivity index is 2.01. The minimum Gasteiger partial charge on any atom is -0.333 e. The van der Waals surface area contributed by atoms with Gasteiger partial charge in [0.25, 0.3) is 5.91 Å². The van der Waals surface area contributed by atoms with E-state index in [2.05, 4.69) is 0 Å². The van der Waals surface area contributed by atoms with E-state index in [4.69, 9.17) is 11.6 Å². The van der Waals surface area contributed by atoms with Crippen LogP contribution >= 0.6 is 11.6 Å². The first kappa shape index (κ1) is 9.00. The monoisotopic (exact) mass is 203 g/mol. The lowest BCUT2D eigenvalue weighted by atomic mass is 10.1. The molecule has 0 saturated carbocycles. The fourth-order valence-corrected chi connectivity index (χ4v) is 2.02. The molecule has 1 saturated heterocycles. The standard InChI is InChI=1S/C9H11ClFNO/c10-8-3-1-2-7(8)9(13)12-4-6(11)5-12/h6H,1-5H2. The summed E-state index contributed by atoms with van der Waals surface area (Å²) in [5.41, 5.74) is 0.702. The maximum absolute atomic E-state index is 12.5. The third-order valence-electron chi connectivity index (χ3n) is 2.53. The Morgan fingerprint density at radius 2 is 2.15 bits per heavy atom. The molecule has 0 spiro atoms. The van der Waals surface area contributed by atoms with Crippen molar-refractivity contribution in [2.75, 3.05) is 13.1 Å². The molecule has 4 heteroatoms. The summed E-state index contributed by atoms with van der Waals surface area (Å²) in [6.45, 7) is 0.485. The van der Waals surface area contributed by atoms with Gasteiger partial charge in [0, 0.05) is 10.6 Å². The highest BCUT2D eigenvalue weighted by atomic mass is 35.5. The van der Waals surface area contributed by atoms with Crippen molar-refractivity contribution in [3.63, 3.8) is 0 Å². The molecule has 0 radical (unpaired) electrons. The van der Waals surface area contributed by atoms with Crippen molar-refractivity contribution in [3.8, 4) is 0 Å². The van der Waals surface area contributed by atoms with Crippen molar-refractivity contribution in [2.45, 2.75) is 25.4 Å². The van der Waals surface area contributed by atoms with Gasteiger partial charge in [0.15, 0.2) is 0 Å². The molecule has 0 unspecified atom stereocenters. The number of rotatable bonds is 1. The second-order valence-corrected chi connectivity index (χ2v) is 4.00. The molecule has 1 amide bonds. The fraction of sp³-hybridized carbons (Fsp3) is 0.667. The predicted octanol–water partition coefficient (Wildman–Crippen LogP) is 1.84. The summed E-state index contributed by atoms with van der Waals surface area (Å²) < 4.78 is 12.5. The number of alkyl halides is 1. The molecule has 0 atom stereocenters. The molecular weight excluding hydrogens is 193 g/mol. The Morgan fingerprint density at radius 3 is 2.62 bits per heavy atom. The number of allylic oxidation sites excluding steroid dienone is 1. The summed E-state index contributed by atoms with van der Waals surface area (Å²) >= 11 is 5.87. The van der Waals surface area contributed by atoms with E-state index in [1.54, 1.807) is 0 Å². The highest BCUT2D eigenvalue weighted by Gasteiger charge is 2.33. The summed E-state index contributed by atoms with van der Waals surface area (Å²) in [6, 6.07) is 0. The van der Waals surface area contributed by atoms with Gasteiger partial charge in [0.05, 0.1) is 13.1 Å². The van der Waals surface area contributed by atoms with Crippen molar-refractivity contribution in [1.82, 2.24) is 4.90 Å². The smallest absolute Gasteiger partial charge is 0.251 e. The molecule has 72 valence electrons. The SMILES string of the molecule is O=C(C1=C(Cl)CCC1)N1CC(F)C1. The summed E-state index contributed by atoms with van der Waals surface area (Å²) in [5.74, 6) is -0.0589. The molecule has 1 aliphatic heterocycles. The molecule has 1 heterocycles. The Hall–Kier alpha value is -0.570. The molecule has 0 aromatic heterocycles. The van der Waals surface area contributed by atoms with Crippen molar-refractivity contribution < 1.29 is 9.18 Å². The molecule has 0 bridgehead atoms. The van der Waals surface area contributed by atoms with Crippen molar-refractivity contribution >= 4 is 17.5 Å². The van der Waals surface area contributed by atoms with Gasteiger partial charge in [-0.05, 0) is 19.3 Å². The summed E-state index contributed by atoms with van der Waals surface area (Å²) in [7, 11) is 0. The quantitative estimate of drug-likeness (QED) is 0.637. The number of carbonyl (C=O) groups excluding carboxylic acids is 1. The number of nitrogens with zero attached hydrogens (tertiary/aromatic N) is 1. The Kier molecular flexibility index (Phi) is 2.28. The van der Waals surface area contributed by atoms with Crippen LogP contribution in [0, 0.1) is 0 Å². The van der Waals surface area contributed by atoms with Gasteiger partial charge < -0.3 is 4.90 Å². The van der Waals surface area contributed by atoms with Gasteiger partial charge in [-0.15, -0.1) is 0 Å². The van der Waals surface area contributed by atoms with Crippen LogP contribution in [0.5, 0.6) is 0 Å². The first-order chi connectivity index (χ1) is 6.18. The van der Waals surface area contributed by atoms with Crippen LogP contribution in [-0.2, 0) is 4.79 Å². The zero-order chi connectivity index (χ0) is 9.42. The highest BCUT2D eigenvalue weighted by Crippen LogP contribution is 2.31. The maximum atomic E-state index is 12.5. The van der Waals surface area contributed by atoms with Gasteiger partial charge in [0.1, 0.15) is 6.17 Å². The molecule has 2 rings (SSSR count). The first-order valence-corrected chi connectivity index (χ1v) is 4.87. The number of halogens is 2. The average molecular weight is 204 g/mol. The lowest BCUT2D eigenvalue weighted by Gasteiger charge is -2.34. The third-order valence-corrected chi connectivity index (χ3v) is 2.95. The van der Waals surface area contributed by atoms with Gasteiger partial charge in [0.2, 0.25) is 0 Å². The number of likely N-dealkylation sites (tertiary alicyclic amines) is 1. The molecular formula is C9H11ClFNO. The lowest BCUT2D eigenvalue weighted by molar-refractivity contribution is -0.134. The third kappa shape index (κ3) is 1.57. The second kappa shape index (κ2) is 3.29. The number of carbonyl (C=O) groups is 1. The molecule has 13 heavy (non-hydrogen) atoms. The van der Waals surface area contributed by atoms with Crippen molar-refractivity contribution in [1.29, 1.82) is 0 Å². The van der Waals surface area contributed by atoms with Crippen LogP contribution in [0.4, 0.5) is 4.39 Å². The molecule has 1 aliphatic carbocycles. The number of hydrogen-bond donors (Lipinski definition) is 0. The average Bonchev–Trinajstić information content (AvgIpc) is 2.44. The van der Waals surface area contributed by atoms with E-state index in [1.807, 2.05) is 0 Å². The Morgan fingerprint density at radius 1 is 1.46 bits per heavy atom. The van der Waals surface area contributed by atoms with Gasteiger partial charge in [-0.2, -0.15) is 0 Å². The van der Waals surface area contributed by atoms with E-state index in [1.165, 1.54) is 4.90 Å². The van der Waals surface area contributed by atoms with Crippen LogP contribution in [0.2, 0.25) is 0 Å². The second-order valence-electron chi connectivity index (χ2n) is 3.54. The van der Waals surface area contributed by atoms with Crippen molar-refractivity contribution in [3.05, 3.63) is 10.6 Å². The maximum Gasteiger partial charge on any atom is 0.251 e. The van der Waals surface area contributed by atoms with Gasteiger partial charge in [-0.3, -0.25) is 4.79 Å². The predicted molar refractivity (Wildman–Crippen MR) is 48.2 cm³/mol. The molecule has 2 nitrogen and oxygen atoms in total. The molecule has 1 fully saturated rings. The van der Waals surface area contributed by atoms with Gasteiger partial charge in [-0.1, -0.05) is 11.6 Å². The number of amides is 1. The van der Waals surface area contributed by atoms with Crippen LogP contribution < -0.4 is 0 Å². The topological polar surface area (TPSA) is 20.3 Å². The minimum atomic E-state index is -0.829. The number of hydrogen-bond acceptors (Lipinski definition) is 1. The van der Waals surface area contributed by atoms with E-state index in [0.717, 1.165) is 19.3 Å². The van der Waals surface area contributed by atoms with Gasteiger partial charge >= 0.3 is 0 Å². The summed E-state index contributed by atoms with van der Waals surface area (Å²) in [4.78, 5) is 13.1. The van der Waals surface area contributed by atoms with Crippen LogP contribution in [0.15, 0.2) is 10.6 Å². The molecule has 0 N–H and O–H groups in total. The lowest BCUT2D eigenvalue weighted by Crippen LogP contribution is -2.51. The molecule has 0 aromatic rings. The highest BCUT2D eigenvalue weighted by molar-refractivity contribution is 6.32. The van der Waals surface area contributed by atoms with Crippen LogP contribution in [0.1, 0.15) is 19.3 Å². The van der Waals surface area contributed by atoms with E-state index in [9.17, 15) is 9.18 Å². The van der Waals surface area contributed by atoms with Gasteiger partial charge in [-0.25, -0.2) is 4.39 Å². The Bertz CT molecular complexity index is 271. The van der Waals surface area contributed by atoms with E-state index in [0.29, 0.717) is 10.6 Å². The van der Waals surface area contributed by atoms with E-state index >= 15 is 0 Å². The fourth-order valence-electron chi connectivity index (χ4n) is 1.71. The largest absolute Gasteiger partial charge is 0.333 e. The van der Waals surface area contributed by atoms with Crippen molar-refractivity contribution in [2.24, 2.45) is 0 Å². The molecule has 2 aliphatic rings. The minimum absolute atomic E-state index is 0.0589. The first-order valence-electron chi connectivity index (χ1n) is 4.49. The van der Waals surface area contributed by atoms with E-state index in [-0.39, 0.29) is 19.0 Å². The summed E-state index contributed by atoms with van der Waals surface area (Å²) in [6.07, 6.45) is 1.68. The van der Waals surface area contributed by atoms with Crippen LogP contribution in [-0.4, -0.2) is 30.1 Å². The zero-order valence-corrected chi connectivity index (χ0v) is 7.98. The normalized spacial score (nSPS) is 23.7. The van der Waals surface area contributed by atoms with Crippen LogP contribution in [0.25, 0.3) is 0 Å². The zero-order valence-electron chi connectivity index (χ0n) is 7.22. The van der Waals surface area contributed by atoms with E-state index < -0.39 is 6.17 Å². The Labute approximate surface area is 81.3 Å². The summed E-state index contributed by atoms with van der Waals surface area (Å²) in [5, 5.41) is 0.673. The molecule has 0 aromatic carbocycles.